The second kappa shape index (κ2) is 4.79. The molecule has 0 aliphatic carbocycles. The molecule has 0 spiro atoms. The van der Waals surface area contributed by atoms with E-state index >= 15 is 0 Å². The molecular formula is C12H12N4O2. The Bertz CT molecular complexity index is 598. The number of aromatic carboxylic acids is 1. The third-order valence-corrected chi connectivity index (χ3v) is 2.46. The average molecular weight is 244 g/mol. The zero-order chi connectivity index (χ0) is 13.1. The summed E-state index contributed by atoms with van der Waals surface area (Å²) >= 11 is 0. The summed E-state index contributed by atoms with van der Waals surface area (Å²) in [7, 11) is 0. The van der Waals surface area contributed by atoms with Crippen LogP contribution in [0.1, 0.15) is 21.7 Å². The van der Waals surface area contributed by atoms with Gasteiger partial charge in [0.25, 0.3) is 0 Å². The summed E-state index contributed by atoms with van der Waals surface area (Å²) in [5.74, 6) is -0.676. The molecular weight excluding hydrogens is 232 g/mol. The van der Waals surface area contributed by atoms with Crippen molar-refractivity contribution in [3.05, 3.63) is 41.5 Å². The molecule has 6 nitrogen and oxygen atoms in total. The van der Waals surface area contributed by atoms with Gasteiger partial charge in [0.05, 0.1) is 22.6 Å². The van der Waals surface area contributed by atoms with Crippen molar-refractivity contribution in [2.24, 2.45) is 0 Å². The van der Waals surface area contributed by atoms with E-state index in [2.05, 4.69) is 20.3 Å². The maximum Gasteiger partial charge on any atom is 0.339 e. The van der Waals surface area contributed by atoms with Crippen LogP contribution in [0.3, 0.4) is 0 Å². The molecule has 0 saturated carbocycles. The van der Waals surface area contributed by atoms with E-state index in [1.165, 1.54) is 6.20 Å². The smallest absolute Gasteiger partial charge is 0.339 e. The summed E-state index contributed by atoms with van der Waals surface area (Å²) in [6.45, 7) is 3.49. The summed E-state index contributed by atoms with van der Waals surface area (Å²) < 4.78 is 0. The van der Waals surface area contributed by atoms with Gasteiger partial charge in [-0.05, 0) is 26.0 Å². The third-order valence-electron chi connectivity index (χ3n) is 2.46. The number of carbonyl (C=O) groups is 1. The predicted octanol–water partition coefficient (Wildman–Crippen LogP) is 1.93. The van der Waals surface area contributed by atoms with Gasteiger partial charge in [0.2, 0.25) is 5.95 Å². The Labute approximate surface area is 104 Å². The van der Waals surface area contributed by atoms with Crippen LogP contribution in [0.25, 0.3) is 0 Å². The first kappa shape index (κ1) is 12.0. The molecule has 0 atom stereocenters. The SMILES string of the molecule is Cc1ncccc1Nc1ncc(C(=O)O)c(C)n1. The molecule has 0 fully saturated rings. The number of anilines is 2. The maximum atomic E-state index is 10.8. The van der Waals surface area contributed by atoms with E-state index in [4.69, 9.17) is 5.11 Å². The summed E-state index contributed by atoms with van der Waals surface area (Å²) in [5, 5.41) is 11.9. The Hall–Kier alpha value is -2.50. The van der Waals surface area contributed by atoms with E-state index in [1.807, 2.05) is 13.0 Å². The number of aryl methyl sites for hydroxylation is 2. The molecule has 2 aromatic heterocycles. The average Bonchev–Trinajstić information content (AvgIpc) is 2.32. The topological polar surface area (TPSA) is 88.0 Å². The van der Waals surface area contributed by atoms with Crippen molar-refractivity contribution in [2.45, 2.75) is 13.8 Å². The molecule has 0 bridgehead atoms. The summed E-state index contributed by atoms with van der Waals surface area (Å²) in [5.41, 5.74) is 2.13. The second-order valence-corrected chi connectivity index (χ2v) is 3.76. The highest BCUT2D eigenvalue weighted by atomic mass is 16.4. The van der Waals surface area contributed by atoms with Crippen LogP contribution in [0.4, 0.5) is 11.6 Å². The molecule has 0 saturated heterocycles. The van der Waals surface area contributed by atoms with Crippen LogP contribution >= 0.6 is 0 Å². The van der Waals surface area contributed by atoms with Crippen molar-refractivity contribution in [2.75, 3.05) is 5.32 Å². The summed E-state index contributed by atoms with van der Waals surface area (Å²) in [4.78, 5) is 23.0. The van der Waals surface area contributed by atoms with E-state index in [9.17, 15) is 4.79 Å². The summed E-state index contributed by atoms with van der Waals surface area (Å²) in [6.07, 6.45) is 2.98. The first-order valence-corrected chi connectivity index (χ1v) is 5.33. The van der Waals surface area contributed by atoms with Crippen LogP contribution in [0.2, 0.25) is 0 Å². The monoisotopic (exact) mass is 244 g/mol. The molecule has 0 unspecified atom stereocenters. The van der Waals surface area contributed by atoms with Gasteiger partial charge in [0.15, 0.2) is 0 Å². The van der Waals surface area contributed by atoms with Crippen LogP contribution in [-0.2, 0) is 0 Å². The number of carboxylic acids is 1. The Morgan fingerprint density at radius 3 is 2.67 bits per heavy atom. The molecule has 0 aromatic carbocycles. The second-order valence-electron chi connectivity index (χ2n) is 3.76. The van der Waals surface area contributed by atoms with E-state index in [0.717, 1.165) is 11.4 Å². The largest absolute Gasteiger partial charge is 0.478 e. The summed E-state index contributed by atoms with van der Waals surface area (Å²) in [6, 6.07) is 3.65. The van der Waals surface area contributed by atoms with Crippen molar-refractivity contribution in [3.63, 3.8) is 0 Å². The molecule has 2 heterocycles. The molecule has 2 N–H and O–H groups in total. The van der Waals surface area contributed by atoms with Gasteiger partial charge < -0.3 is 10.4 Å². The van der Waals surface area contributed by atoms with Gasteiger partial charge in [-0.3, -0.25) is 4.98 Å². The molecule has 2 rings (SSSR count). The van der Waals surface area contributed by atoms with E-state index in [-0.39, 0.29) is 5.56 Å². The Kier molecular flexibility index (Phi) is 3.18. The standard InChI is InChI=1S/C12H12N4O2/c1-7-9(11(17)18)6-14-12(15-7)16-10-4-3-5-13-8(10)2/h3-6H,1-2H3,(H,17,18)(H,14,15,16). The van der Waals surface area contributed by atoms with Crippen LogP contribution in [0.15, 0.2) is 24.5 Å². The van der Waals surface area contributed by atoms with Gasteiger partial charge >= 0.3 is 5.97 Å². The highest BCUT2D eigenvalue weighted by Gasteiger charge is 2.10. The quantitative estimate of drug-likeness (QED) is 0.857. The first-order chi connectivity index (χ1) is 8.58. The Balaban J connectivity index is 2.29. The van der Waals surface area contributed by atoms with Gasteiger partial charge in [0, 0.05) is 12.4 Å². The fourth-order valence-electron chi connectivity index (χ4n) is 1.47. The molecule has 0 aliphatic heterocycles. The number of hydrogen-bond acceptors (Lipinski definition) is 5. The molecule has 6 heteroatoms. The Morgan fingerprint density at radius 1 is 1.28 bits per heavy atom. The Morgan fingerprint density at radius 2 is 2.06 bits per heavy atom. The van der Waals surface area contributed by atoms with Crippen LogP contribution in [-0.4, -0.2) is 26.0 Å². The highest BCUT2D eigenvalue weighted by molar-refractivity contribution is 5.88. The predicted molar refractivity (Wildman–Crippen MR) is 66.0 cm³/mol. The maximum absolute atomic E-state index is 10.8. The number of nitrogens with one attached hydrogen (secondary N) is 1. The lowest BCUT2D eigenvalue weighted by Gasteiger charge is -2.08. The van der Waals surface area contributed by atoms with Crippen molar-refractivity contribution in [1.29, 1.82) is 0 Å². The van der Waals surface area contributed by atoms with Crippen LogP contribution < -0.4 is 5.32 Å². The van der Waals surface area contributed by atoms with Crippen LogP contribution in [0, 0.1) is 13.8 Å². The first-order valence-electron chi connectivity index (χ1n) is 5.33. The molecule has 0 radical (unpaired) electrons. The number of rotatable bonds is 3. The number of hydrogen-bond donors (Lipinski definition) is 2. The van der Waals surface area contributed by atoms with Crippen molar-refractivity contribution in [3.8, 4) is 0 Å². The minimum absolute atomic E-state index is 0.100. The normalized spacial score (nSPS) is 10.1. The number of pyridine rings is 1. The van der Waals surface area contributed by atoms with E-state index in [1.54, 1.807) is 19.2 Å². The minimum Gasteiger partial charge on any atom is -0.478 e. The van der Waals surface area contributed by atoms with E-state index in [0.29, 0.717) is 11.6 Å². The fourth-order valence-corrected chi connectivity index (χ4v) is 1.47. The molecule has 0 aliphatic rings. The lowest BCUT2D eigenvalue weighted by molar-refractivity contribution is 0.0695. The van der Waals surface area contributed by atoms with Crippen LogP contribution in [0.5, 0.6) is 0 Å². The molecule has 0 amide bonds. The third kappa shape index (κ3) is 2.42. The molecule has 18 heavy (non-hydrogen) atoms. The van der Waals surface area contributed by atoms with Gasteiger partial charge in [-0.1, -0.05) is 0 Å². The minimum atomic E-state index is -1.03. The lowest BCUT2D eigenvalue weighted by Crippen LogP contribution is -2.06. The lowest BCUT2D eigenvalue weighted by atomic mass is 10.2. The highest BCUT2D eigenvalue weighted by Crippen LogP contribution is 2.16. The van der Waals surface area contributed by atoms with Crippen molar-refractivity contribution in [1.82, 2.24) is 15.0 Å². The van der Waals surface area contributed by atoms with Gasteiger partial charge in [-0.25, -0.2) is 14.8 Å². The number of nitrogens with zero attached hydrogens (tertiary/aromatic N) is 3. The zero-order valence-electron chi connectivity index (χ0n) is 10.0. The fraction of sp³-hybridized carbons (Fsp3) is 0.167. The van der Waals surface area contributed by atoms with E-state index < -0.39 is 5.97 Å². The van der Waals surface area contributed by atoms with Crippen molar-refractivity contribution < 1.29 is 9.90 Å². The van der Waals surface area contributed by atoms with Gasteiger partial charge in [0.1, 0.15) is 0 Å². The van der Waals surface area contributed by atoms with Gasteiger partial charge in [-0.15, -0.1) is 0 Å². The number of carboxylic acid groups (broad SMARTS) is 1. The van der Waals surface area contributed by atoms with Gasteiger partial charge in [-0.2, -0.15) is 0 Å². The molecule has 2 aromatic rings. The number of aromatic nitrogens is 3. The zero-order valence-corrected chi connectivity index (χ0v) is 10.0. The van der Waals surface area contributed by atoms with Crippen molar-refractivity contribution >= 4 is 17.6 Å². The molecule has 92 valence electrons.